The number of morpholine rings is 1. The van der Waals surface area contributed by atoms with E-state index in [0.29, 0.717) is 30.4 Å². The van der Waals surface area contributed by atoms with Crippen molar-refractivity contribution in [1.29, 1.82) is 0 Å². The van der Waals surface area contributed by atoms with E-state index in [1.54, 1.807) is 24.3 Å². The zero-order valence-corrected chi connectivity index (χ0v) is 15.6. The van der Waals surface area contributed by atoms with E-state index in [9.17, 15) is 9.18 Å². The number of benzene rings is 2. The van der Waals surface area contributed by atoms with E-state index in [1.165, 1.54) is 12.1 Å². The Hall–Kier alpha value is -3.52. The van der Waals surface area contributed by atoms with Crippen LogP contribution in [-0.4, -0.2) is 42.4 Å². The van der Waals surface area contributed by atoms with E-state index >= 15 is 0 Å². The molecule has 0 saturated carbocycles. The number of carbonyl (C=O) groups excluding carboxylic acids is 1. The molecule has 3 aromatic rings. The van der Waals surface area contributed by atoms with Gasteiger partial charge in [-0.2, -0.15) is 0 Å². The molecule has 0 atom stereocenters. The van der Waals surface area contributed by atoms with Gasteiger partial charge in [-0.1, -0.05) is 18.2 Å². The Morgan fingerprint density at radius 2 is 1.83 bits per heavy atom. The van der Waals surface area contributed by atoms with Crippen LogP contribution in [0.3, 0.4) is 0 Å². The second kappa shape index (κ2) is 8.66. The zero-order valence-electron chi connectivity index (χ0n) is 15.6. The van der Waals surface area contributed by atoms with Crippen LogP contribution in [-0.2, 0) is 4.74 Å². The molecule has 8 heteroatoms. The normalized spacial score (nSPS) is 13.8. The van der Waals surface area contributed by atoms with Gasteiger partial charge in [-0.3, -0.25) is 4.79 Å². The summed E-state index contributed by atoms with van der Waals surface area (Å²) in [5.41, 5.74) is 2.40. The summed E-state index contributed by atoms with van der Waals surface area (Å²) < 4.78 is 18.7. The molecule has 2 heterocycles. The van der Waals surface area contributed by atoms with Crippen molar-refractivity contribution in [2.24, 2.45) is 0 Å². The van der Waals surface area contributed by atoms with Gasteiger partial charge in [0, 0.05) is 18.8 Å². The number of halogens is 1. The lowest BCUT2D eigenvalue weighted by atomic mass is 10.2. The molecule has 1 fully saturated rings. The predicted molar refractivity (Wildman–Crippen MR) is 109 cm³/mol. The third-order valence-electron chi connectivity index (χ3n) is 4.50. The first-order chi connectivity index (χ1) is 14.2. The number of amides is 1. The van der Waals surface area contributed by atoms with Crippen molar-refractivity contribution in [2.75, 3.05) is 41.8 Å². The minimum Gasteiger partial charge on any atom is -0.378 e. The Morgan fingerprint density at radius 1 is 1.00 bits per heavy atom. The second-order valence-electron chi connectivity index (χ2n) is 6.51. The lowest BCUT2D eigenvalue weighted by Crippen LogP contribution is -2.36. The summed E-state index contributed by atoms with van der Waals surface area (Å²) in [6.07, 6.45) is 0. The fourth-order valence-corrected chi connectivity index (χ4v) is 3.08. The molecule has 0 aliphatic carbocycles. The Labute approximate surface area is 167 Å². The molecule has 1 aliphatic rings. The molecule has 7 nitrogen and oxygen atoms in total. The summed E-state index contributed by atoms with van der Waals surface area (Å²) in [4.78, 5) is 14.8. The van der Waals surface area contributed by atoms with E-state index in [0.717, 1.165) is 18.8 Å². The number of anilines is 4. The lowest BCUT2D eigenvalue weighted by molar-refractivity contribution is 0.102. The minimum atomic E-state index is -0.351. The molecule has 4 rings (SSSR count). The van der Waals surface area contributed by atoms with Crippen molar-refractivity contribution in [3.63, 3.8) is 0 Å². The molecule has 0 spiro atoms. The maximum Gasteiger partial charge on any atom is 0.276 e. The fourth-order valence-electron chi connectivity index (χ4n) is 3.08. The Kier molecular flexibility index (Phi) is 5.62. The van der Waals surface area contributed by atoms with Crippen LogP contribution in [0.1, 0.15) is 10.5 Å². The van der Waals surface area contributed by atoms with Gasteiger partial charge in [-0.15, -0.1) is 10.2 Å². The Morgan fingerprint density at radius 3 is 2.59 bits per heavy atom. The molecular formula is C21H20FN5O2. The smallest absolute Gasteiger partial charge is 0.276 e. The minimum absolute atomic E-state index is 0.187. The van der Waals surface area contributed by atoms with Crippen molar-refractivity contribution in [3.8, 4) is 0 Å². The highest BCUT2D eigenvalue weighted by atomic mass is 19.1. The molecule has 1 saturated heterocycles. The van der Waals surface area contributed by atoms with Crippen molar-refractivity contribution >= 4 is 28.8 Å². The quantitative estimate of drug-likeness (QED) is 0.691. The highest BCUT2D eigenvalue weighted by Gasteiger charge is 2.17. The molecule has 0 unspecified atom stereocenters. The van der Waals surface area contributed by atoms with Crippen molar-refractivity contribution in [1.82, 2.24) is 10.2 Å². The zero-order chi connectivity index (χ0) is 20.1. The van der Waals surface area contributed by atoms with Gasteiger partial charge in [0.15, 0.2) is 11.5 Å². The van der Waals surface area contributed by atoms with Gasteiger partial charge in [0.05, 0.1) is 24.6 Å². The molecule has 2 aromatic carbocycles. The van der Waals surface area contributed by atoms with E-state index in [1.807, 2.05) is 24.3 Å². The number of ether oxygens (including phenoxy) is 1. The average molecular weight is 393 g/mol. The molecule has 1 amide bonds. The maximum atomic E-state index is 13.3. The molecule has 0 radical (unpaired) electrons. The molecule has 148 valence electrons. The predicted octanol–water partition coefficient (Wildman–Crippen LogP) is 3.45. The van der Waals surface area contributed by atoms with Crippen LogP contribution in [0.15, 0.2) is 60.7 Å². The van der Waals surface area contributed by atoms with Gasteiger partial charge < -0.3 is 20.3 Å². The molecule has 0 bridgehead atoms. The van der Waals surface area contributed by atoms with E-state index in [2.05, 4.69) is 25.7 Å². The first kappa shape index (κ1) is 18.8. The summed E-state index contributed by atoms with van der Waals surface area (Å²) in [6, 6.07) is 16.9. The Bertz CT molecular complexity index is 990. The lowest BCUT2D eigenvalue weighted by Gasteiger charge is -2.30. The van der Waals surface area contributed by atoms with Gasteiger partial charge in [0.25, 0.3) is 5.91 Å². The highest BCUT2D eigenvalue weighted by Crippen LogP contribution is 2.26. The summed E-state index contributed by atoms with van der Waals surface area (Å²) in [5.74, 6) is -0.283. The summed E-state index contributed by atoms with van der Waals surface area (Å²) in [7, 11) is 0. The van der Waals surface area contributed by atoms with Crippen LogP contribution in [0.25, 0.3) is 0 Å². The number of nitrogens with zero attached hydrogens (tertiary/aromatic N) is 3. The molecular weight excluding hydrogens is 373 g/mol. The maximum absolute atomic E-state index is 13.3. The van der Waals surface area contributed by atoms with E-state index in [4.69, 9.17) is 4.74 Å². The van der Waals surface area contributed by atoms with Crippen LogP contribution in [0, 0.1) is 5.82 Å². The molecule has 29 heavy (non-hydrogen) atoms. The number of hydrogen-bond acceptors (Lipinski definition) is 6. The monoisotopic (exact) mass is 393 g/mol. The van der Waals surface area contributed by atoms with E-state index in [-0.39, 0.29) is 17.4 Å². The second-order valence-corrected chi connectivity index (χ2v) is 6.51. The topological polar surface area (TPSA) is 79.4 Å². The molecule has 2 N–H and O–H groups in total. The van der Waals surface area contributed by atoms with Gasteiger partial charge in [0.2, 0.25) is 0 Å². The molecule has 1 aliphatic heterocycles. The van der Waals surface area contributed by atoms with Crippen LogP contribution in [0.5, 0.6) is 0 Å². The Balaban J connectivity index is 1.45. The van der Waals surface area contributed by atoms with Gasteiger partial charge in [0.1, 0.15) is 5.82 Å². The SMILES string of the molecule is O=C(Nc1ccccc1N1CCOCC1)c1ccc(Nc2cccc(F)c2)nn1. The van der Waals surface area contributed by atoms with Gasteiger partial charge in [-0.05, 0) is 42.5 Å². The third-order valence-corrected chi connectivity index (χ3v) is 4.50. The molecule has 1 aromatic heterocycles. The van der Waals surface area contributed by atoms with Crippen molar-refractivity contribution in [3.05, 3.63) is 72.2 Å². The summed E-state index contributed by atoms with van der Waals surface area (Å²) in [6.45, 7) is 2.86. The van der Waals surface area contributed by atoms with Crippen LogP contribution >= 0.6 is 0 Å². The highest BCUT2D eigenvalue weighted by molar-refractivity contribution is 6.04. The van der Waals surface area contributed by atoms with Gasteiger partial charge >= 0.3 is 0 Å². The number of aromatic nitrogens is 2. The van der Waals surface area contributed by atoms with Gasteiger partial charge in [-0.25, -0.2) is 4.39 Å². The van der Waals surface area contributed by atoms with Crippen LogP contribution in [0.2, 0.25) is 0 Å². The summed E-state index contributed by atoms with van der Waals surface area (Å²) in [5, 5.41) is 13.8. The summed E-state index contributed by atoms with van der Waals surface area (Å²) >= 11 is 0. The van der Waals surface area contributed by atoms with E-state index < -0.39 is 0 Å². The fraction of sp³-hybridized carbons (Fsp3) is 0.190. The van der Waals surface area contributed by atoms with Crippen molar-refractivity contribution < 1.29 is 13.9 Å². The number of nitrogens with one attached hydrogen (secondary N) is 2. The van der Waals surface area contributed by atoms with Crippen molar-refractivity contribution in [2.45, 2.75) is 0 Å². The average Bonchev–Trinajstić information content (AvgIpc) is 2.75. The number of rotatable bonds is 5. The number of para-hydroxylation sites is 2. The first-order valence-corrected chi connectivity index (χ1v) is 9.28. The van der Waals surface area contributed by atoms with Crippen LogP contribution in [0.4, 0.5) is 27.3 Å². The third kappa shape index (κ3) is 4.67. The largest absolute Gasteiger partial charge is 0.378 e. The number of carbonyl (C=O) groups is 1. The standard InChI is InChI=1S/C21H20FN5O2/c22-15-4-3-5-16(14-15)23-20-9-8-18(25-26-20)21(28)24-17-6-1-2-7-19(17)27-10-12-29-13-11-27/h1-9,14H,10-13H2,(H,23,26)(H,24,28). The number of hydrogen-bond donors (Lipinski definition) is 2. The first-order valence-electron chi connectivity index (χ1n) is 9.28. The van der Waals surface area contributed by atoms with Crippen LogP contribution < -0.4 is 15.5 Å².